The number of methoxy groups -OCH3 is 2. The van der Waals surface area contributed by atoms with Crippen molar-refractivity contribution in [1.82, 2.24) is 25.3 Å². The summed E-state index contributed by atoms with van der Waals surface area (Å²) in [6, 6.07) is 7.64. The molecule has 1 aromatic rings. The van der Waals surface area contributed by atoms with Crippen molar-refractivity contribution in [3.8, 4) is 6.07 Å². The van der Waals surface area contributed by atoms with E-state index in [4.69, 9.17) is 15.2 Å². The molecule has 8 atom stereocenters. The highest BCUT2D eigenvalue weighted by atomic mass is 19.1. The van der Waals surface area contributed by atoms with Crippen LogP contribution in [0.15, 0.2) is 24.3 Å². The quantitative estimate of drug-likeness (QED) is 0.142. The number of likely N-dealkylation sites (tertiary alicyclic amines) is 1. The molecule has 1 aromatic carbocycles. The molecule has 4 amide bonds. The van der Waals surface area contributed by atoms with Gasteiger partial charge in [0.25, 0.3) is 0 Å². The first-order valence-electron chi connectivity index (χ1n) is 20.2. The van der Waals surface area contributed by atoms with Crippen LogP contribution < -0.4 is 16.4 Å². The van der Waals surface area contributed by atoms with Crippen LogP contribution in [0, 0.1) is 29.1 Å². The van der Waals surface area contributed by atoms with Gasteiger partial charge in [-0.3, -0.25) is 24.1 Å². The predicted octanol–water partition coefficient (Wildman–Crippen LogP) is 4.59. The Balaban J connectivity index is 0.00000505. The van der Waals surface area contributed by atoms with Crippen molar-refractivity contribution in [3.63, 3.8) is 0 Å². The van der Waals surface area contributed by atoms with E-state index in [1.54, 1.807) is 41.8 Å². The van der Waals surface area contributed by atoms with Gasteiger partial charge in [-0.15, -0.1) is 0 Å². The van der Waals surface area contributed by atoms with Crippen LogP contribution in [0.4, 0.5) is 10.1 Å². The lowest BCUT2D eigenvalue weighted by Gasteiger charge is -2.39. The standard InChI is InChI=1S/C39H64FN7O6.C3H8/c1-10-26(4)36(46(7)34(49)24-43-39(51)35(25(2)3)45(6)20-17-40)32(52-8)23-33(48)47-19-12-15-31(47)37(53-9)27(5)38(50)44-30(16-18-41)22-28-13-11-14-29(42)21-28;1-3-2/h11,13-14,21,25-27,30-32,35-37H,10,12,15-17,19-20,22-24,42H2,1-9H3,(H,43,51)(H,44,50);3H2,1-2H3. The van der Waals surface area contributed by atoms with Crippen molar-refractivity contribution in [1.29, 1.82) is 5.26 Å². The zero-order chi connectivity index (χ0) is 42.5. The molecule has 1 heterocycles. The number of nitriles is 1. The number of anilines is 1. The highest BCUT2D eigenvalue weighted by molar-refractivity contribution is 5.88. The van der Waals surface area contributed by atoms with E-state index in [-0.39, 0.29) is 67.4 Å². The molecule has 2 rings (SSSR count). The fourth-order valence-corrected chi connectivity index (χ4v) is 7.62. The number of ether oxygens (including phenoxy) is 2. The first kappa shape index (κ1) is 50.2. The molecule has 1 saturated heterocycles. The minimum absolute atomic E-state index is 0.00308. The third-order valence-corrected chi connectivity index (χ3v) is 10.6. The molecule has 8 unspecified atom stereocenters. The van der Waals surface area contributed by atoms with Crippen molar-refractivity contribution in [2.24, 2.45) is 17.8 Å². The van der Waals surface area contributed by atoms with Crippen LogP contribution in [-0.4, -0.2) is 129 Å². The molecule has 0 saturated carbocycles. The van der Waals surface area contributed by atoms with Crippen LogP contribution in [-0.2, 0) is 35.1 Å². The topological polar surface area (TPSA) is 170 Å². The molecule has 0 aromatic heterocycles. The second kappa shape index (κ2) is 26.2. The Morgan fingerprint density at radius 3 is 2.27 bits per heavy atom. The van der Waals surface area contributed by atoms with Crippen molar-refractivity contribution < 1.29 is 33.0 Å². The van der Waals surface area contributed by atoms with E-state index >= 15 is 0 Å². The molecule has 0 spiro atoms. The van der Waals surface area contributed by atoms with Gasteiger partial charge in [-0.1, -0.05) is 73.4 Å². The summed E-state index contributed by atoms with van der Waals surface area (Å²) in [4.78, 5) is 59.2. The zero-order valence-corrected chi connectivity index (χ0v) is 36.0. The SMILES string of the molecule is CCC.CCC(C)C(C(CC(=O)N1CCCC1C(OC)C(C)C(=O)NC(CC#N)Cc1cccc(N)c1)OC)N(C)C(=O)CNC(=O)C(C(C)C)N(C)CCF. The van der Waals surface area contributed by atoms with Gasteiger partial charge >= 0.3 is 0 Å². The number of nitrogens with two attached hydrogens (primary N) is 1. The molecular weight excluding hydrogens is 718 g/mol. The molecule has 1 fully saturated rings. The van der Waals surface area contributed by atoms with Gasteiger partial charge in [-0.05, 0) is 55.8 Å². The molecule has 0 bridgehead atoms. The maximum atomic E-state index is 14.1. The lowest BCUT2D eigenvalue weighted by molar-refractivity contribution is -0.146. The number of amides is 4. The number of hydrogen-bond acceptors (Lipinski definition) is 9. The molecule has 56 heavy (non-hydrogen) atoms. The summed E-state index contributed by atoms with van der Waals surface area (Å²) >= 11 is 0. The van der Waals surface area contributed by atoms with Crippen LogP contribution in [0.2, 0.25) is 0 Å². The smallest absolute Gasteiger partial charge is 0.242 e. The molecule has 14 heteroatoms. The number of likely N-dealkylation sites (N-methyl/N-ethyl adjacent to an activating group) is 2. The molecule has 0 radical (unpaired) electrons. The van der Waals surface area contributed by atoms with Crippen molar-refractivity contribution in [3.05, 3.63) is 29.8 Å². The fraction of sp³-hybridized carbons (Fsp3) is 0.738. The van der Waals surface area contributed by atoms with Gasteiger partial charge in [0.1, 0.15) is 6.67 Å². The predicted molar refractivity (Wildman–Crippen MR) is 219 cm³/mol. The first-order valence-corrected chi connectivity index (χ1v) is 20.2. The Morgan fingerprint density at radius 2 is 1.73 bits per heavy atom. The largest absolute Gasteiger partial charge is 0.399 e. The van der Waals surface area contributed by atoms with Gasteiger partial charge in [-0.25, -0.2) is 4.39 Å². The van der Waals surface area contributed by atoms with E-state index in [9.17, 15) is 28.8 Å². The van der Waals surface area contributed by atoms with Gasteiger partial charge < -0.3 is 35.6 Å². The Hall–Kier alpha value is -3.80. The average molecular weight is 790 g/mol. The van der Waals surface area contributed by atoms with Crippen molar-refractivity contribution >= 4 is 29.3 Å². The first-order chi connectivity index (χ1) is 26.6. The summed E-state index contributed by atoms with van der Waals surface area (Å²) in [6.45, 7) is 13.5. The maximum Gasteiger partial charge on any atom is 0.242 e. The number of carbonyl (C=O) groups excluding carboxylic acids is 4. The third kappa shape index (κ3) is 15.3. The van der Waals surface area contributed by atoms with E-state index in [0.717, 1.165) is 12.0 Å². The molecular formula is C42H72FN7O6. The Labute approximate surface area is 336 Å². The monoisotopic (exact) mass is 790 g/mol. The summed E-state index contributed by atoms with van der Waals surface area (Å²) in [5, 5.41) is 15.2. The highest BCUT2D eigenvalue weighted by Gasteiger charge is 2.42. The van der Waals surface area contributed by atoms with Crippen LogP contribution >= 0.6 is 0 Å². The number of nitrogens with one attached hydrogen (secondary N) is 2. The number of carbonyl (C=O) groups is 4. The van der Waals surface area contributed by atoms with E-state index in [2.05, 4.69) is 30.6 Å². The van der Waals surface area contributed by atoms with E-state index < -0.39 is 42.9 Å². The molecule has 4 N–H and O–H groups in total. The number of nitrogens with zero attached hydrogens (tertiary/aromatic N) is 4. The Kier molecular flexibility index (Phi) is 23.5. The number of nitrogen functional groups attached to an aromatic ring is 1. The number of benzene rings is 1. The van der Waals surface area contributed by atoms with Gasteiger partial charge in [0.15, 0.2) is 0 Å². The summed E-state index contributed by atoms with van der Waals surface area (Å²) in [6.07, 6.45) is 2.65. The van der Waals surface area contributed by atoms with Crippen molar-refractivity contribution in [2.45, 2.75) is 130 Å². The molecule has 1 aliphatic heterocycles. The molecule has 0 aliphatic carbocycles. The maximum absolute atomic E-state index is 14.1. The van der Waals surface area contributed by atoms with Gasteiger partial charge in [-0.2, -0.15) is 5.26 Å². The summed E-state index contributed by atoms with van der Waals surface area (Å²) in [7, 11) is 6.40. The average Bonchev–Trinajstić information content (AvgIpc) is 3.63. The van der Waals surface area contributed by atoms with E-state index in [1.165, 1.54) is 20.6 Å². The number of rotatable bonds is 22. The summed E-state index contributed by atoms with van der Waals surface area (Å²) < 4.78 is 24.8. The van der Waals surface area contributed by atoms with Gasteiger partial charge in [0, 0.05) is 46.1 Å². The number of halogens is 1. The fourth-order valence-electron chi connectivity index (χ4n) is 7.62. The van der Waals surface area contributed by atoms with Crippen molar-refractivity contribution in [2.75, 3.05) is 60.4 Å². The molecule has 1 aliphatic rings. The second-order valence-corrected chi connectivity index (χ2v) is 15.4. The molecule has 13 nitrogen and oxygen atoms in total. The van der Waals surface area contributed by atoms with Gasteiger partial charge in [0.05, 0.1) is 61.7 Å². The normalized spacial score (nSPS) is 17.7. The number of hydrogen-bond donors (Lipinski definition) is 3. The summed E-state index contributed by atoms with van der Waals surface area (Å²) in [5.41, 5.74) is 7.45. The zero-order valence-electron chi connectivity index (χ0n) is 36.0. The second-order valence-electron chi connectivity index (χ2n) is 15.4. The lowest BCUT2D eigenvalue weighted by Crippen LogP contribution is -2.55. The minimum atomic E-state index is -0.650. The Bertz CT molecular complexity index is 1390. The van der Waals surface area contributed by atoms with Gasteiger partial charge in [0.2, 0.25) is 23.6 Å². The highest BCUT2D eigenvalue weighted by Crippen LogP contribution is 2.29. The minimum Gasteiger partial charge on any atom is -0.399 e. The Morgan fingerprint density at radius 1 is 1.07 bits per heavy atom. The summed E-state index contributed by atoms with van der Waals surface area (Å²) in [5.74, 6) is -1.90. The van der Waals surface area contributed by atoms with Crippen LogP contribution in [0.3, 0.4) is 0 Å². The molecule has 318 valence electrons. The number of alkyl halides is 1. The van der Waals surface area contributed by atoms with Crippen LogP contribution in [0.1, 0.15) is 92.6 Å². The van der Waals surface area contributed by atoms with E-state index in [1.807, 2.05) is 45.9 Å². The third-order valence-electron chi connectivity index (χ3n) is 10.6. The lowest BCUT2D eigenvalue weighted by atomic mass is 9.90. The van der Waals surface area contributed by atoms with E-state index in [0.29, 0.717) is 31.5 Å². The van der Waals surface area contributed by atoms with Crippen LogP contribution in [0.25, 0.3) is 0 Å². The van der Waals surface area contributed by atoms with Crippen LogP contribution in [0.5, 0.6) is 0 Å².